The highest BCUT2D eigenvalue weighted by Crippen LogP contribution is 2.22. The summed E-state index contributed by atoms with van der Waals surface area (Å²) in [5.41, 5.74) is 1.24. The number of nitrogens with one attached hydrogen (secondary N) is 1. The van der Waals surface area contributed by atoms with Crippen molar-refractivity contribution >= 4 is 23.4 Å². The number of amides is 1. The Bertz CT molecular complexity index is 506. The molecule has 5 nitrogen and oxygen atoms in total. The van der Waals surface area contributed by atoms with Crippen LogP contribution in [-0.4, -0.2) is 51.4 Å². The monoisotopic (exact) mass is 308 g/mol. The second-order valence-corrected chi connectivity index (χ2v) is 7.15. The van der Waals surface area contributed by atoms with E-state index in [1.165, 1.54) is 0 Å². The van der Waals surface area contributed by atoms with E-state index in [4.69, 9.17) is 0 Å². The van der Waals surface area contributed by atoms with E-state index in [2.05, 4.69) is 22.2 Å². The lowest BCUT2D eigenvalue weighted by Crippen LogP contribution is -2.41. The molecule has 0 bridgehead atoms. The lowest BCUT2D eigenvalue weighted by atomic mass is 10.2. The van der Waals surface area contributed by atoms with Crippen LogP contribution in [0.15, 0.2) is 6.20 Å². The van der Waals surface area contributed by atoms with Gasteiger partial charge in [0.1, 0.15) is 5.82 Å². The number of hydrogen-bond donors (Lipinski definition) is 1. The van der Waals surface area contributed by atoms with Crippen LogP contribution in [0.2, 0.25) is 0 Å². The van der Waals surface area contributed by atoms with Crippen LogP contribution < -0.4 is 5.32 Å². The first-order chi connectivity index (χ1) is 10.0. The van der Waals surface area contributed by atoms with Gasteiger partial charge in [0.2, 0.25) is 0 Å². The Morgan fingerprint density at radius 1 is 1.57 bits per heavy atom. The van der Waals surface area contributed by atoms with Crippen LogP contribution in [0.1, 0.15) is 49.9 Å². The van der Waals surface area contributed by atoms with Crippen molar-refractivity contribution in [1.82, 2.24) is 14.9 Å². The molecule has 1 fully saturated rings. The van der Waals surface area contributed by atoms with Crippen LogP contribution in [0.4, 0.5) is 5.69 Å². The molecular weight excluding hydrogens is 284 g/mol. The number of anilines is 1. The SMILES string of the molecule is CCNc1cnc(C(C)C)nc1C(=O)N1CCSC(C)C1. The molecule has 1 aliphatic heterocycles. The minimum atomic E-state index is 0.0161. The summed E-state index contributed by atoms with van der Waals surface area (Å²) in [6.07, 6.45) is 1.74. The van der Waals surface area contributed by atoms with Gasteiger partial charge in [0.15, 0.2) is 5.69 Å². The van der Waals surface area contributed by atoms with Gasteiger partial charge in [0.05, 0.1) is 11.9 Å². The molecule has 0 spiro atoms. The highest BCUT2D eigenvalue weighted by Gasteiger charge is 2.26. The molecule has 1 aromatic heterocycles. The number of carbonyl (C=O) groups excluding carboxylic acids is 1. The van der Waals surface area contributed by atoms with E-state index in [0.717, 1.165) is 36.9 Å². The molecule has 1 saturated heterocycles. The van der Waals surface area contributed by atoms with Crippen molar-refractivity contribution in [2.75, 3.05) is 30.7 Å². The molecule has 0 radical (unpaired) electrons. The molecular formula is C15H24N4OS. The van der Waals surface area contributed by atoms with Crippen molar-refractivity contribution in [3.8, 4) is 0 Å². The summed E-state index contributed by atoms with van der Waals surface area (Å²) in [5.74, 6) is 1.94. The molecule has 1 atom stereocenters. The van der Waals surface area contributed by atoms with E-state index in [1.54, 1.807) is 6.20 Å². The summed E-state index contributed by atoms with van der Waals surface area (Å²) in [6.45, 7) is 10.6. The Kier molecular flexibility index (Phi) is 5.45. The minimum Gasteiger partial charge on any atom is -0.382 e. The van der Waals surface area contributed by atoms with Gasteiger partial charge in [-0.1, -0.05) is 20.8 Å². The Morgan fingerprint density at radius 3 is 2.95 bits per heavy atom. The van der Waals surface area contributed by atoms with Gasteiger partial charge in [-0.15, -0.1) is 0 Å². The maximum Gasteiger partial charge on any atom is 0.274 e. The molecule has 21 heavy (non-hydrogen) atoms. The van der Waals surface area contributed by atoms with Gasteiger partial charge >= 0.3 is 0 Å². The molecule has 1 unspecified atom stereocenters. The summed E-state index contributed by atoms with van der Waals surface area (Å²) in [6, 6.07) is 0. The largest absolute Gasteiger partial charge is 0.382 e. The van der Waals surface area contributed by atoms with Crippen molar-refractivity contribution in [3.05, 3.63) is 17.7 Å². The second-order valence-electron chi connectivity index (χ2n) is 5.61. The summed E-state index contributed by atoms with van der Waals surface area (Å²) >= 11 is 1.91. The summed E-state index contributed by atoms with van der Waals surface area (Å²) < 4.78 is 0. The van der Waals surface area contributed by atoms with E-state index in [0.29, 0.717) is 10.9 Å². The lowest BCUT2D eigenvalue weighted by Gasteiger charge is -2.30. The topological polar surface area (TPSA) is 58.1 Å². The van der Waals surface area contributed by atoms with Gasteiger partial charge in [-0.3, -0.25) is 4.79 Å². The Balaban J connectivity index is 2.30. The highest BCUT2D eigenvalue weighted by molar-refractivity contribution is 7.99. The Morgan fingerprint density at radius 2 is 2.33 bits per heavy atom. The van der Waals surface area contributed by atoms with Crippen molar-refractivity contribution < 1.29 is 4.79 Å². The third-order valence-corrected chi connectivity index (χ3v) is 4.56. The quantitative estimate of drug-likeness (QED) is 0.926. The lowest BCUT2D eigenvalue weighted by molar-refractivity contribution is 0.0757. The fourth-order valence-electron chi connectivity index (χ4n) is 2.31. The summed E-state index contributed by atoms with van der Waals surface area (Å²) in [7, 11) is 0. The fraction of sp³-hybridized carbons (Fsp3) is 0.667. The van der Waals surface area contributed by atoms with E-state index in [-0.39, 0.29) is 11.8 Å². The first kappa shape index (κ1) is 16.1. The maximum atomic E-state index is 12.8. The van der Waals surface area contributed by atoms with E-state index in [9.17, 15) is 4.79 Å². The number of nitrogens with zero attached hydrogens (tertiary/aromatic N) is 3. The first-order valence-electron chi connectivity index (χ1n) is 7.54. The summed E-state index contributed by atoms with van der Waals surface area (Å²) in [4.78, 5) is 23.6. The molecule has 116 valence electrons. The van der Waals surface area contributed by atoms with E-state index < -0.39 is 0 Å². The molecule has 0 aromatic carbocycles. The molecule has 1 aliphatic rings. The molecule has 6 heteroatoms. The molecule has 0 saturated carbocycles. The number of carbonyl (C=O) groups is 1. The van der Waals surface area contributed by atoms with Gasteiger partial charge in [0, 0.05) is 36.6 Å². The van der Waals surface area contributed by atoms with Gasteiger partial charge in [-0.2, -0.15) is 11.8 Å². The molecule has 0 aliphatic carbocycles. The van der Waals surface area contributed by atoms with Crippen molar-refractivity contribution in [2.24, 2.45) is 0 Å². The zero-order chi connectivity index (χ0) is 15.4. The third-order valence-electron chi connectivity index (χ3n) is 3.42. The van der Waals surface area contributed by atoms with Crippen LogP contribution in [0.5, 0.6) is 0 Å². The summed E-state index contributed by atoms with van der Waals surface area (Å²) in [5, 5.41) is 3.68. The standard InChI is InChI=1S/C15H24N4OS/c1-5-16-12-8-17-14(10(2)3)18-13(12)15(20)19-6-7-21-11(4)9-19/h8,10-11,16H,5-7,9H2,1-4H3. The molecule has 1 aromatic rings. The van der Waals surface area contributed by atoms with Crippen LogP contribution in [-0.2, 0) is 0 Å². The van der Waals surface area contributed by atoms with Crippen molar-refractivity contribution in [1.29, 1.82) is 0 Å². The van der Waals surface area contributed by atoms with E-state index >= 15 is 0 Å². The zero-order valence-corrected chi connectivity index (χ0v) is 14.0. The van der Waals surface area contributed by atoms with Gasteiger partial charge in [-0.05, 0) is 6.92 Å². The first-order valence-corrected chi connectivity index (χ1v) is 8.59. The predicted octanol–water partition coefficient (Wildman–Crippen LogP) is 2.61. The fourth-order valence-corrected chi connectivity index (χ4v) is 3.32. The minimum absolute atomic E-state index is 0.0161. The highest BCUT2D eigenvalue weighted by atomic mass is 32.2. The van der Waals surface area contributed by atoms with Crippen LogP contribution in [0, 0.1) is 0 Å². The predicted molar refractivity (Wildman–Crippen MR) is 88.1 cm³/mol. The molecule has 2 heterocycles. The van der Waals surface area contributed by atoms with Crippen molar-refractivity contribution in [3.63, 3.8) is 0 Å². The zero-order valence-electron chi connectivity index (χ0n) is 13.2. The smallest absolute Gasteiger partial charge is 0.274 e. The molecule has 1 N–H and O–H groups in total. The number of aromatic nitrogens is 2. The Labute approximate surface area is 130 Å². The average molecular weight is 308 g/mol. The Hall–Kier alpha value is -1.30. The van der Waals surface area contributed by atoms with Gasteiger partial charge in [-0.25, -0.2) is 9.97 Å². The number of rotatable bonds is 4. The van der Waals surface area contributed by atoms with Crippen molar-refractivity contribution in [2.45, 2.75) is 38.9 Å². The molecule has 1 amide bonds. The van der Waals surface area contributed by atoms with Gasteiger partial charge in [0.25, 0.3) is 5.91 Å². The van der Waals surface area contributed by atoms with Gasteiger partial charge < -0.3 is 10.2 Å². The maximum absolute atomic E-state index is 12.8. The number of thioether (sulfide) groups is 1. The second kappa shape index (κ2) is 7.11. The number of hydrogen-bond acceptors (Lipinski definition) is 5. The van der Waals surface area contributed by atoms with Crippen LogP contribution in [0.25, 0.3) is 0 Å². The van der Waals surface area contributed by atoms with E-state index in [1.807, 2.05) is 37.4 Å². The third kappa shape index (κ3) is 3.87. The normalized spacial score (nSPS) is 18.9. The van der Waals surface area contributed by atoms with Crippen LogP contribution in [0.3, 0.4) is 0 Å². The average Bonchev–Trinajstić information content (AvgIpc) is 2.47. The molecule has 2 rings (SSSR count). The van der Waals surface area contributed by atoms with Crippen LogP contribution >= 0.6 is 11.8 Å².